The third-order valence-corrected chi connectivity index (χ3v) is 2.70. The van der Waals surface area contributed by atoms with Crippen LogP contribution in [0.5, 0.6) is 5.75 Å². The van der Waals surface area contributed by atoms with E-state index in [0.29, 0.717) is 5.75 Å². The van der Waals surface area contributed by atoms with E-state index in [4.69, 9.17) is 9.84 Å². The third-order valence-electron chi connectivity index (χ3n) is 2.70. The van der Waals surface area contributed by atoms with Gasteiger partial charge in [-0.3, -0.25) is 0 Å². The van der Waals surface area contributed by atoms with Gasteiger partial charge in [-0.15, -0.1) is 0 Å². The van der Waals surface area contributed by atoms with Crippen LogP contribution in [0, 0.1) is 0 Å². The summed E-state index contributed by atoms with van der Waals surface area (Å²) in [6, 6.07) is 13.2. The summed E-state index contributed by atoms with van der Waals surface area (Å²) in [5.74, 6) is -0.765. The van der Waals surface area contributed by atoms with Crippen LogP contribution in [0.15, 0.2) is 42.5 Å². The lowest BCUT2D eigenvalue weighted by Crippen LogP contribution is -2.41. The highest BCUT2D eigenvalue weighted by molar-refractivity contribution is 5.83. The minimum atomic E-state index is -1.88. The summed E-state index contributed by atoms with van der Waals surface area (Å²) >= 11 is 0. The molecule has 94 valence electrons. The molecule has 0 heterocycles. The summed E-state index contributed by atoms with van der Waals surface area (Å²) in [6.45, 7) is 0.914. The molecule has 0 saturated heterocycles. The van der Waals surface area contributed by atoms with E-state index in [1.807, 2.05) is 36.4 Å². The molecule has 0 aliphatic carbocycles. The van der Waals surface area contributed by atoms with E-state index in [1.165, 1.54) is 6.92 Å². The Bertz CT molecular complexity index is 575. The quantitative estimate of drug-likeness (QED) is 0.866. The monoisotopic (exact) mass is 246 g/mol. The van der Waals surface area contributed by atoms with Crippen LogP contribution in [0.4, 0.5) is 0 Å². The van der Waals surface area contributed by atoms with Crippen molar-refractivity contribution in [2.75, 3.05) is 6.61 Å². The van der Waals surface area contributed by atoms with Crippen molar-refractivity contribution in [3.05, 3.63) is 42.5 Å². The Balaban J connectivity index is 2.15. The van der Waals surface area contributed by atoms with Crippen molar-refractivity contribution >= 4 is 16.7 Å². The molecule has 0 amide bonds. The van der Waals surface area contributed by atoms with Gasteiger partial charge in [0.2, 0.25) is 0 Å². The minimum absolute atomic E-state index is 0.291. The fourth-order valence-electron chi connectivity index (χ4n) is 1.54. The molecule has 0 saturated carbocycles. The molecule has 0 radical (unpaired) electrons. The molecular formula is C14H14O4. The zero-order valence-corrected chi connectivity index (χ0v) is 9.96. The number of ether oxygens (including phenoxy) is 1. The molecule has 1 atom stereocenters. The van der Waals surface area contributed by atoms with Crippen molar-refractivity contribution in [3.8, 4) is 5.75 Å². The van der Waals surface area contributed by atoms with Crippen LogP contribution in [0.1, 0.15) is 6.92 Å². The molecule has 0 aliphatic rings. The number of rotatable bonds is 4. The number of benzene rings is 2. The molecule has 0 aliphatic heterocycles. The largest absolute Gasteiger partial charge is 0.490 e. The summed E-state index contributed by atoms with van der Waals surface area (Å²) in [5.41, 5.74) is -1.88. The number of fused-ring (bicyclic) bond motifs is 1. The minimum Gasteiger partial charge on any atom is -0.490 e. The molecular weight excluding hydrogens is 232 g/mol. The van der Waals surface area contributed by atoms with Crippen molar-refractivity contribution in [3.63, 3.8) is 0 Å². The Morgan fingerprint density at radius 2 is 1.89 bits per heavy atom. The smallest absolute Gasteiger partial charge is 0.339 e. The lowest BCUT2D eigenvalue weighted by molar-refractivity contribution is -0.159. The van der Waals surface area contributed by atoms with Crippen molar-refractivity contribution < 1.29 is 19.7 Å². The van der Waals surface area contributed by atoms with Crippen LogP contribution in [-0.2, 0) is 4.79 Å². The molecule has 0 bridgehead atoms. The number of carbonyl (C=O) groups is 1. The standard InChI is InChI=1S/C14H14O4/c1-14(17,13(15)16)9-18-12-7-6-10-4-2-3-5-11(10)8-12/h2-8,17H,9H2,1H3,(H,15,16). The average molecular weight is 246 g/mol. The Hall–Kier alpha value is -2.07. The number of carboxylic acids is 1. The zero-order valence-electron chi connectivity index (χ0n) is 9.96. The Labute approximate surface area is 104 Å². The van der Waals surface area contributed by atoms with Crippen LogP contribution >= 0.6 is 0 Å². The van der Waals surface area contributed by atoms with E-state index < -0.39 is 11.6 Å². The maximum atomic E-state index is 10.7. The highest BCUT2D eigenvalue weighted by Crippen LogP contribution is 2.21. The van der Waals surface area contributed by atoms with Crippen LogP contribution < -0.4 is 4.74 Å². The molecule has 2 aromatic rings. The van der Waals surface area contributed by atoms with Gasteiger partial charge in [0.05, 0.1) is 0 Å². The normalized spacial score (nSPS) is 14.1. The lowest BCUT2D eigenvalue weighted by Gasteiger charge is -2.18. The highest BCUT2D eigenvalue weighted by Gasteiger charge is 2.30. The van der Waals surface area contributed by atoms with Crippen molar-refractivity contribution in [2.45, 2.75) is 12.5 Å². The zero-order chi connectivity index (χ0) is 13.2. The maximum Gasteiger partial charge on any atom is 0.339 e. The van der Waals surface area contributed by atoms with E-state index in [1.54, 1.807) is 6.07 Å². The number of aliphatic carboxylic acids is 1. The van der Waals surface area contributed by atoms with E-state index in [0.717, 1.165) is 10.8 Å². The van der Waals surface area contributed by atoms with Crippen LogP contribution in [0.3, 0.4) is 0 Å². The fourth-order valence-corrected chi connectivity index (χ4v) is 1.54. The molecule has 0 fully saturated rings. The van der Waals surface area contributed by atoms with Gasteiger partial charge in [-0.25, -0.2) is 4.79 Å². The SMILES string of the molecule is CC(O)(COc1ccc2ccccc2c1)C(=O)O. The molecule has 0 aromatic heterocycles. The molecule has 1 unspecified atom stereocenters. The molecule has 4 nitrogen and oxygen atoms in total. The fraction of sp³-hybridized carbons (Fsp3) is 0.214. The number of aliphatic hydroxyl groups is 1. The van der Waals surface area contributed by atoms with Crippen molar-refractivity contribution in [1.29, 1.82) is 0 Å². The van der Waals surface area contributed by atoms with Gasteiger partial charge in [0.1, 0.15) is 12.4 Å². The third kappa shape index (κ3) is 2.60. The second-order valence-corrected chi connectivity index (χ2v) is 4.38. The second kappa shape index (κ2) is 4.66. The van der Waals surface area contributed by atoms with Crippen LogP contribution in [0.25, 0.3) is 10.8 Å². The first-order valence-electron chi connectivity index (χ1n) is 5.56. The Morgan fingerprint density at radius 1 is 1.22 bits per heavy atom. The first kappa shape index (κ1) is 12.4. The van der Waals surface area contributed by atoms with Gasteiger partial charge < -0.3 is 14.9 Å². The van der Waals surface area contributed by atoms with Crippen LogP contribution in [-0.4, -0.2) is 28.4 Å². The molecule has 0 spiro atoms. The molecule has 18 heavy (non-hydrogen) atoms. The summed E-state index contributed by atoms with van der Waals surface area (Å²) in [4.78, 5) is 10.7. The van der Waals surface area contributed by atoms with Crippen molar-refractivity contribution in [1.82, 2.24) is 0 Å². The first-order chi connectivity index (χ1) is 8.49. The lowest BCUT2D eigenvalue weighted by atomic mass is 10.1. The number of hydrogen-bond acceptors (Lipinski definition) is 3. The predicted molar refractivity (Wildman–Crippen MR) is 67.7 cm³/mol. The highest BCUT2D eigenvalue weighted by atomic mass is 16.5. The second-order valence-electron chi connectivity index (χ2n) is 4.38. The van der Waals surface area contributed by atoms with Gasteiger partial charge in [-0.05, 0) is 29.8 Å². The topological polar surface area (TPSA) is 66.8 Å². The number of carboxylic acid groups (broad SMARTS) is 1. The Morgan fingerprint density at radius 3 is 2.56 bits per heavy atom. The average Bonchev–Trinajstić information content (AvgIpc) is 2.36. The van der Waals surface area contributed by atoms with Gasteiger partial charge in [0.15, 0.2) is 5.60 Å². The van der Waals surface area contributed by atoms with E-state index in [9.17, 15) is 9.90 Å². The summed E-state index contributed by atoms with van der Waals surface area (Å²) in [7, 11) is 0. The molecule has 2 rings (SSSR count). The molecule has 2 N–H and O–H groups in total. The Kier molecular flexibility index (Phi) is 3.21. The summed E-state index contributed by atoms with van der Waals surface area (Å²) in [6.07, 6.45) is 0. The van der Waals surface area contributed by atoms with E-state index >= 15 is 0 Å². The molecule has 2 aromatic carbocycles. The van der Waals surface area contributed by atoms with Gasteiger partial charge >= 0.3 is 5.97 Å². The maximum absolute atomic E-state index is 10.7. The van der Waals surface area contributed by atoms with Gasteiger partial charge in [0.25, 0.3) is 0 Å². The van der Waals surface area contributed by atoms with Gasteiger partial charge in [-0.1, -0.05) is 30.3 Å². The van der Waals surface area contributed by atoms with E-state index in [2.05, 4.69) is 0 Å². The van der Waals surface area contributed by atoms with Crippen LogP contribution in [0.2, 0.25) is 0 Å². The van der Waals surface area contributed by atoms with Gasteiger partial charge in [-0.2, -0.15) is 0 Å². The van der Waals surface area contributed by atoms with Crippen molar-refractivity contribution in [2.24, 2.45) is 0 Å². The van der Waals surface area contributed by atoms with Gasteiger partial charge in [0, 0.05) is 0 Å². The summed E-state index contributed by atoms with van der Waals surface area (Å²) in [5, 5.41) is 20.4. The summed E-state index contributed by atoms with van der Waals surface area (Å²) < 4.78 is 5.31. The number of hydrogen-bond donors (Lipinski definition) is 2. The van der Waals surface area contributed by atoms with E-state index in [-0.39, 0.29) is 6.61 Å². The predicted octanol–water partition coefficient (Wildman–Crippen LogP) is 2.05. The molecule has 4 heteroatoms. The first-order valence-corrected chi connectivity index (χ1v) is 5.56.